The zero-order chi connectivity index (χ0) is 12.0. The fourth-order valence-corrected chi connectivity index (χ4v) is 3.06. The minimum absolute atomic E-state index is 0.266. The quantitative estimate of drug-likeness (QED) is 0.779. The first kappa shape index (κ1) is 10.9. The Hall–Kier alpha value is -1.22. The lowest BCUT2D eigenvalue weighted by Crippen LogP contribution is -2.37. The van der Waals surface area contributed by atoms with Crippen molar-refractivity contribution >= 4 is 5.57 Å². The van der Waals surface area contributed by atoms with Gasteiger partial charge in [-0.15, -0.1) is 0 Å². The molecule has 17 heavy (non-hydrogen) atoms. The summed E-state index contributed by atoms with van der Waals surface area (Å²) in [6, 6.07) is 4.34. The molecule has 1 fully saturated rings. The van der Waals surface area contributed by atoms with Crippen LogP contribution < -0.4 is 0 Å². The summed E-state index contributed by atoms with van der Waals surface area (Å²) in [5.41, 5.74) is 2.22. The molecule has 2 bridgehead atoms. The van der Waals surface area contributed by atoms with Crippen LogP contribution in [-0.2, 0) is 0 Å². The van der Waals surface area contributed by atoms with Gasteiger partial charge in [-0.1, -0.05) is 6.08 Å². The Bertz CT molecular complexity index is 450. The maximum Gasteiger partial charge on any atom is 0.141 e. The van der Waals surface area contributed by atoms with Gasteiger partial charge in [-0.05, 0) is 43.9 Å². The Morgan fingerprint density at radius 3 is 2.82 bits per heavy atom. The van der Waals surface area contributed by atoms with E-state index in [4.69, 9.17) is 0 Å². The molecule has 1 aromatic heterocycles. The molecule has 3 rings (SSSR count). The van der Waals surface area contributed by atoms with Gasteiger partial charge in [0.1, 0.15) is 5.82 Å². The van der Waals surface area contributed by atoms with Crippen LogP contribution in [0.15, 0.2) is 24.4 Å². The Morgan fingerprint density at radius 2 is 2.24 bits per heavy atom. The van der Waals surface area contributed by atoms with Gasteiger partial charge in [0, 0.05) is 18.6 Å². The second-order valence-electron chi connectivity index (χ2n) is 5.29. The first-order chi connectivity index (χ1) is 8.15. The number of pyridine rings is 1. The molecule has 0 N–H and O–H groups in total. The first-order valence-corrected chi connectivity index (χ1v) is 6.24. The van der Waals surface area contributed by atoms with E-state index >= 15 is 0 Å². The minimum Gasteiger partial charge on any atom is -0.293 e. The van der Waals surface area contributed by atoms with Crippen molar-refractivity contribution in [3.8, 4) is 0 Å². The van der Waals surface area contributed by atoms with E-state index in [0.717, 1.165) is 12.2 Å². The Balaban J connectivity index is 1.90. The summed E-state index contributed by atoms with van der Waals surface area (Å²) in [6.07, 6.45) is 4.83. The Labute approximate surface area is 101 Å². The summed E-state index contributed by atoms with van der Waals surface area (Å²) in [5.74, 6) is 0.391. The van der Waals surface area contributed by atoms with E-state index < -0.39 is 0 Å². The molecule has 0 aromatic carbocycles. The highest BCUT2D eigenvalue weighted by atomic mass is 19.1. The third kappa shape index (κ3) is 1.78. The normalized spacial score (nSPS) is 27.9. The van der Waals surface area contributed by atoms with E-state index in [2.05, 4.69) is 29.8 Å². The van der Waals surface area contributed by atoms with Crippen molar-refractivity contribution in [2.24, 2.45) is 5.92 Å². The summed E-state index contributed by atoms with van der Waals surface area (Å²) in [6.45, 7) is 5.62. The summed E-state index contributed by atoms with van der Waals surface area (Å²) in [7, 11) is 0. The average molecular weight is 232 g/mol. The van der Waals surface area contributed by atoms with Gasteiger partial charge in [0.25, 0.3) is 0 Å². The fraction of sp³-hybridized carbons (Fsp3) is 0.500. The van der Waals surface area contributed by atoms with E-state index in [1.807, 2.05) is 0 Å². The highest BCUT2D eigenvalue weighted by Gasteiger charge is 2.40. The molecule has 2 nitrogen and oxygen atoms in total. The summed E-state index contributed by atoms with van der Waals surface area (Å²) < 4.78 is 12.9. The van der Waals surface area contributed by atoms with Gasteiger partial charge in [-0.25, -0.2) is 4.39 Å². The number of likely N-dealkylation sites (tertiary alicyclic amines) is 1. The molecule has 0 spiro atoms. The number of halogens is 1. The highest BCUT2D eigenvalue weighted by molar-refractivity contribution is 5.70. The first-order valence-electron chi connectivity index (χ1n) is 6.24. The number of aromatic nitrogens is 1. The van der Waals surface area contributed by atoms with Crippen molar-refractivity contribution in [1.29, 1.82) is 0 Å². The molecular weight excluding hydrogens is 215 g/mol. The fourth-order valence-electron chi connectivity index (χ4n) is 3.06. The van der Waals surface area contributed by atoms with Crippen LogP contribution in [0.2, 0.25) is 0 Å². The molecule has 2 unspecified atom stereocenters. The predicted octanol–water partition coefficient (Wildman–Crippen LogP) is 2.72. The van der Waals surface area contributed by atoms with Crippen molar-refractivity contribution < 1.29 is 4.39 Å². The molecule has 2 atom stereocenters. The van der Waals surface area contributed by atoms with Crippen molar-refractivity contribution in [1.82, 2.24) is 9.88 Å². The van der Waals surface area contributed by atoms with E-state index in [-0.39, 0.29) is 5.82 Å². The van der Waals surface area contributed by atoms with Gasteiger partial charge >= 0.3 is 0 Å². The van der Waals surface area contributed by atoms with Crippen LogP contribution in [0.4, 0.5) is 4.39 Å². The summed E-state index contributed by atoms with van der Waals surface area (Å²) in [4.78, 5) is 6.72. The lowest BCUT2D eigenvalue weighted by Gasteiger charge is -2.31. The zero-order valence-corrected chi connectivity index (χ0v) is 10.2. The summed E-state index contributed by atoms with van der Waals surface area (Å²) >= 11 is 0. The Kier molecular flexibility index (Phi) is 2.51. The van der Waals surface area contributed by atoms with Crippen LogP contribution in [0.3, 0.4) is 0 Å². The van der Waals surface area contributed by atoms with Gasteiger partial charge in [-0.3, -0.25) is 9.88 Å². The molecule has 90 valence electrons. The summed E-state index contributed by atoms with van der Waals surface area (Å²) in [5, 5.41) is 0. The third-order valence-corrected chi connectivity index (χ3v) is 3.83. The number of hydrogen-bond donors (Lipinski definition) is 0. The van der Waals surface area contributed by atoms with Gasteiger partial charge in [-0.2, -0.15) is 0 Å². The maximum absolute atomic E-state index is 12.9. The predicted molar refractivity (Wildman–Crippen MR) is 65.9 cm³/mol. The average Bonchev–Trinajstić information content (AvgIpc) is 2.89. The molecule has 0 saturated carbocycles. The molecule has 0 radical (unpaired) electrons. The molecule has 1 aliphatic carbocycles. The highest BCUT2D eigenvalue weighted by Crippen LogP contribution is 2.41. The minimum atomic E-state index is -0.266. The van der Waals surface area contributed by atoms with Crippen LogP contribution in [0.5, 0.6) is 0 Å². The largest absolute Gasteiger partial charge is 0.293 e. The number of fused-ring (bicyclic) bond motifs is 2. The molecule has 1 aliphatic heterocycles. The topological polar surface area (TPSA) is 16.1 Å². The van der Waals surface area contributed by atoms with Gasteiger partial charge < -0.3 is 0 Å². The van der Waals surface area contributed by atoms with Crippen LogP contribution >= 0.6 is 0 Å². The van der Waals surface area contributed by atoms with Crippen LogP contribution in [0.1, 0.15) is 26.0 Å². The van der Waals surface area contributed by atoms with Crippen LogP contribution in [-0.4, -0.2) is 28.5 Å². The van der Waals surface area contributed by atoms with E-state index in [1.54, 1.807) is 6.07 Å². The van der Waals surface area contributed by atoms with E-state index in [1.165, 1.54) is 24.3 Å². The van der Waals surface area contributed by atoms with E-state index in [0.29, 0.717) is 18.0 Å². The van der Waals surface area contributed by atoms with Crippen molar-refractivity contribution in [2.75, 3.05) is 6.54 Å². The van der Waals surface area contributed by atoms with Gasteiger partial charge in [0.15, 0.2) is 0 Å². The lowest BCUT2D eigenvalue weighted by atomic mass is 10.0. The smallest absolute Gasteiger partial charge is 0.141 e. The standard InChI is InChI=1S/C14H17FN2/c1-9(2)17-8-10-5-12(14(17)6-10)13-4-3-11(15)7-16-13/h3-5,7,9-10,14H,6,8H2,1-2H3. The molecule has 3 heteroatoms. The van der Waals surface area contributed by atoms with Crippen molar-refractivity contribution in [2.45, 2.75) is 32.4 Å². The van der Waals surface area contributed by atoms with Crippen LogP contribution in [0, 0.1) is 11.7 Å². The molecule has 2 aliphatic rings. The van der Waals surface area contributed by atoms with Gasteiger partial charge in [0.2, 0.25) is 0 Å². The lowest BCUT2D eigenvalue weighted by molar-refractivity contribution is 0.231. The second-order valence-corrected chi connectivity index (χ2v) is 5.29. The van der Waals surface area contributed by atoms with E-state index in [9.17, 15) is 4.39 Å². The maximum atomic E-state index is 12.9. The molecule has 2 heterocycles. The molecule has 1 aromatic rings. The molecular formula is C14H17FN2. The van der Waals surface area contributed by atoms with Crippen molar-refractivity contribution in [3.63, 3.8) is 0 Å². The zero-order valence-electron chi connectivity index (χ0n) is 10.2. The SMILES string of the molecule is CC(C)N1CC2C=C(c3ccc(F)cn3)C1C2. The third-order valence-electron chi connectivity index (χ3n) is 3.83. The van der Waals surface area contributed by atoms with Crippen LogP contribution in [0.25, 0.3) is 5.57 Å². The molecule has 0 amide bonds. The molecule has 1 saturated heterocycles. The second kappa shape index (κ2) is 3.91. The van der Waals surface area contributed by atoms with Crippen molar-refractivity contribution in [3.05, 3.63) is 35.9 Å². The number of nitrogens with zero attached hydrogens (tertiary/aromatic N) is 2. The number of hydrogen-bond acceptors (Lipinski definition) is 2. The van der Waals surface area contributed by atoms with Gasteiger partial charge in [0.05, 0.1) is 11.9 Å². The number of rotatable bonds is 2. The monoisotopic (exact) mass is 232 g/mol. The Morgan fingerprint density at radius 1 is 1.41 bits per heavy atom.